The van der Waals surface area contributed by atoms with Crippen LogP contribution in [0.1, 0.15) is 37.2 Å². The lowest BCUT2D eigenvalue weighted by Gasteiger charge is -2.30. The van der Waals surface area contributed by atoms with E-state index in [-0.39, 0.29) is 5.91 Å². The molecule has 1 amide bonds. The van der Waals surface area contributed by atoms with Crippen molar-refractivity contribution in [1.82, 2.24) is 10.2 Å². The summed E-state index contributed by atoms with van der Waals surface area (Å²) in [6.07, 6.45) is 4.07. The molecule has 2 rings (SSSR count). The van der Waals surface area contributed by atoms with E-state index in [0.29, 0.717) is 24.3 Å². The molecular weight excluding hydrogens is 228 g/mol. The fourth-order valence-electron chi connectivity index (χ4n) is 2.55. The first-order valence-electron chi connectivity index (χ1n) is 6.74. The van der Waals surface area contributed by atoms with E-state index in [9.17, 15) is 4.79 Å². The molecule has 1 fully saturated rings. The Hall–Kier alpha value is -1.29. The molecule has 2 heterocycles. The maximum Gasteiger partial charge on any atom is 0.287 e. The highest BCUT2D eigenvalue weighted by atomic mass is 16.3. The highest BCUT2D eigenvalue weighted by molar-refractivity contribution is 5.91. The number of amides is 1. The van der Waals surface area contributed by atoms with Crippen LogP contribution in [0, 0.1) is 5.92 Å². The van der Waals surface area contributed by atoms with Crippen molar-refractivity contribution in [1.29, 1.82) is 0 Å². The molecule has 4 nitrogen and oxygen atoms in total. The van der Waals surface area contributed by atoms with Gasteiger partial charge in [0.25, 0.3) is 5.91 Å². The zero-order valence-corrected chi connectivity index (χ0v) is 11.2. The Kier molecular flexibility index (Phi) is 4.42. The van der Waals surface area contributed by atoms with Crippen LogP contribution >= 0.6 is 0 Å². The molecule has 100 valence electrons. The second-order valence-electron chi connectivity index (χ2n) is 5.24. The summed E-state index contributed by atoms with van der Waals surface area (Å²) in [6, 6.07) is 3.84. The summed E-state index contributed by atoms with van der Waals surface area (Å²) in [5.41, 5.74) is 0. The maximum absolute atomic E-state index is 11.8. The van der Waals surface area contributed by atoms with E-state index >= 15 is 0 Å². The standard InChI is InChI=1S/C14H22N2O2/c1-11(2)12(16-7-3-4-8-16)10-15-14(17)13-6-5-9-18-13/h5-6,9,11-12H,3-4,7-8,10H2,1-2H3,(H,15,17). The molecule has 1 unspecified atom stereocenters. The molecule has 1 atom stereocenters. The minimum atomic E-state index is -0.121. The van der Waals surface area contributed by atoms with Crippen LogP contribution in [0.2, 0.25) is 0 Å². The molecule has 0 spiro atoms. The molecule has 0 saturated carbocycles. The number of likely N-dealkylation sites (tertiary alicyclic amines) is 1. The van der Waals surface area contributed by atoms with Crippen molar-refractivity contribution in [3.63, 3.8) is 0 Å². The number of hydrogen-bond acceptors (Lipinski definition) is 3. The van der Waals surface area contributed by atoms with Gasteiger partial charge in [0.1, 0.15) is 0 Å². The van der Waals surface area contributed by atoms with Crippen LogP contribution in [0.3, 0.4) is 0 Å². The number of nitrogens with zero attached hydrogens (tertiary/aromatic N) is 1. The van der Waals surface area contributed by atoms with Gasteiger partial charge in [-0.05, 0) is 44.0 Å². The Morgan fingerprint density at radius 2 is 2.17 bits per heavy atom. The lowest BCUT2D eigenvalue weighted by atomic mass is 10.0. The predicted molar refractivity (Wildman–Crippen MR) is 70.5 cm³/mol. The summed E-state index contributed by atoms with van der Waals surface area (Å²) in [4.78, 5) is 14.3. The van der Waals surface area contributed by atoms with Crippen molar-refractivity contribution in [2.45, 2.75) is 32.7 Å². The van der Waals surface area contributed by atoms with Crippen LogP contribution in [0.5, 0.6) is 0 Å². The molecular formula is C14H22N2O2. The zero-order valence-electron chi connectivity index (χ0n) is 11.2. The second kappa shape index (κ2) is 6.05. The fraction of sp³-hybridized carbons (Fsp3) is 0.643. The number of nitrogens with one attached hydrogen (secondary N) is 1. The third kappa shape index (κ3) is 3.13. The topological polar surface area (TPSA) is 45.5 Å². The van der Waals surface area contributed by atoms with Crippen molar-refractivity contribution in [2.75, 3.05) is 19.6 Å². The first-order valence-corrected chi connectivity index (χ1v) is 6.74. The third-order valence-electron chi connectivity index (χ3n) is 3.60. The van der Waals surface area contributed by atoms with Gasteiger partial charge in [-0.15, -0.1) is 0 Å². The highest BCUT2D eigenvalue weighted by Crippen LogP contribution is 2.17. The normalized spacial score (nSPS) is 18.2. The van der Waals surface area contributed by atoms with Crippen molar-refractivity contribution in [3.05, 3.63) is 24.2 Å². The fourth-order valence-corrected chi connectivity index (χ4v) is 2.55. The molecule has 0 radical (unpaired) electrons. The Labute approximate surface area is 108 Å². The van der Waals surface area contributed by atoms with Gasteiger partial charge in [-0.2, -0.15) is 0 Å². The molecule has 1 aromatic rings. The molecule has 1 aliphatic heterocycles. The molecule has 1 saturated heterocycles. The van der Waals surface area contributed by atoms with Crippen LogP contribution in [-0.4, -0.2) is 36.5 Å². The molecule has 1 aromatic heterocycles. The van der Waals surface area contributed by atoms with Gasteiger partial charge in [-0.1, -0.05) is 13.8 Å². The van der Waals surface area contributed by atoms with Crippen LogP contribution in [0.25, 0.3) is 0 Å². The summed E-state index contributed by atoms with van der Waals surface area (Å²) >= 11 is 0. The Bertz CT molecular complexity index is 367. The Morgan fingerprint density at radius 3 is 2.72 bits per heavy atom. The zero-order chi connectivity index (χ0) is 13.0. The molecule has 0 aromatic carbocycles. The van der Waals surface area contributed by atoms with E-state index in [1.807, 2.05) is 0 Å². The lowest BCUT2D eigenvalue weighted by molar-refractivity contribution is 0.0899. The van der Waals surface area contributed by atoms with Gasteiger partial charge in [0, 0.05) is 12.6 Å². The quantitative estimate of drug-likeness (QED) is 0.870. The van der Waals surface area contributed by atoms with Crippen molar-refractivity contribution >= 4 is 5.91 Å². The second-order valence-corrected chi connectivity index (χ2v) is 5.24. The Balaban J connectivity index is 1.87. The SMILES string of the molecule is CC(C)C(CNC(=O)c1ccco1)N1CCCC1. The van der Waals surface area contributed by atoms with Gasteiger partial charge in [0.15, 0.2) is 5.76 Å². The smallest absolute Gasteiger partial charge is 0.287 e. The van der Waals surface area contributed by atoms with Crippen LogP contribution in [0.15, 0.2) is 22.8 Å². The van der Waals surface area contributed by atoms with E-state index in [1.165, 1.54) is 19.1 Å². The Morgan fingerprint density at radius 1 is 1.44 bits per heavy atom. The minimum absolute atomic E-state index is 0.121. The van der Waals surface area contributed by atoms with Gasteiger partial charge in [-0.25, -0.2) is 0 Å². The first kappa shape index (κ1) is 13.1. The van der Waals surface area contributed by atoms with Gasteiger partial charge in [0.2, 0.25) is 0 Å². The summed E-state index contributed by atoms with van der Waals surface area (Å²) in [6.45, 7) is 7.42. The highest BCUT2D eigenvalue weighted by Gasteiger charge is 2.25. The van der Waals surface area contributed by atoms with Crippen molar-refractivity contribution < 1.29 is 9.21 Å². The van der Waals surface area contributed by atoms with Gasteiger partial charge < -0.3 is 9.73 Å². The molecule has 0 aliphatic carbocycles. The number of carbonyl (C=O) groups excluding carboxylic acids is 1. The number of hydrogen-bond donors (Lipinski definition) is 1. The van der Waals surface area contributed by atoms with Crippen LogP contribution in [-0.2, 0) is 0 Å². The third-order valence-corrected chi connectivity index (χ3v) is 3.60. The van der Waals surface area contributed by atoms with Gasteiger partial charge >= 0.3 is 0 Å². The van der Waals surface area contributed by atoms with Gasteiger partial charge in [0.05, 0.1) is 6.26 Å². The average Bonchev–Trinajstić information content (AvgIpc) is 3.01. The van der Waals surface area contributed by atoms with E-state index in [1.54, 1.807) is 12.1 Å². The van der Waals surface area contributed by atoms with Crippen LogP contribution in [0.4, 0.5) is 0 Å². The van der Waals surface area contributed by atoms with E-state index < -0.39 is 0 Å². The summed E-state index contributed by atoms with van der Waals surface area (Å²) in [5, 5.41) is 2.97. The molecule has 1 aliphatic rings. The predicted octanol–water partition coefficient (Wildman–Crippen LogP) is 2.13. The van der Waals surface area contributed by atoms with E-state index in [4.69, 9.17) is 4.42 Å². The van der Waals surface area contributed by atoms with Crippen LogP contribution < -0.4 is 5.32 Å². The monoisotopic (exact) mass is 250 g/mol. The summed E-state index contributed by atoms with van der Waals surface area (Å²) in [7, 11) is 0. The lowest BCUT2D eigenvalue weighted by Crippen LogP contribution is -2.45. The average molecular weight is 250 g/mol. The van der Waals surface area contributed by atoms with E-state index in [0.717, 1.165) is 13.1 Å². The number of carbonyl (C=O) groups is 1. The molecule has 18 heavy (non-hydrogen) atoms. The number of rotatable bonds is 5. The molecule has 1 N–H and O–H groups in total. The van der Waals surface area contributed by atoms with E-state index in [2.05, 4.69) is 24.1 Å². The van der Waals surface area contributed by atoms with Crippen molar-refractivity contribution in [3.8, 4) is 0 Å². The van der Waals surface area contributed by atoms with Crippen molar-refractivity contribution in [2.24, 2.45) is 5.92 Å². The molecule has 0 bridgehead atoms. The number of furan rings is 1. The first-order chi connectivity index (χ1) is 8.68. The van der Waals surface area contributed by atoms with Gasteiger partial charge in [-0.3, -0.25) is 9.69 Å². The minimum Gasteiger partial charge on any atom is -0.459 e. The molecule has 4 heteroatoms. The summed E-state index contributed by atoms with van der Waals surface area (Å²) < 4.78 is 5.09. The maximum atomic E-state index is 11.8. The largest absolute Gasteiger partial charge is 0.459 e. The summed E-state index contributed by atoms with van der Waals surface area (Å²) in [5.74, 6) is 0.809.